The first kappa shape index (κ1) is 14.8. The average Bonchev–Trinajstić information content (AvgIpc) is 2.77. The fourth-order valence-corrected chi connectivity index (χ4v) is 3.29. The van der Waals surface area contributed by atoms with E-state index >= 15 is 0 Å². The van der Waals surface area contributed by atoms with Crippen LogP contribution >= 0.6 is 30.3 Å². The quantitative estimate of drug-likeness (QED) is 0.447. The Hall–Kier alpha value is 0.405. The van der Waals surface area contributed by atoms with E-state index < -0.39 is 5.24 Å². The van der Waals surface area contributed by atoms with Crippen molar-refractivity contribution in [3.05, 3.63) is 18.0 Å². The highest BCUT2D eigenvalue weighted by Gasteiger charge is 2.28. The van der Waals surface area contributed by atoms with Crippen LogP contribution in [0.3, 0.4) is 0 Å². The van der Waals surface area contributed by atoms with E-state index in [4.69, 9.17) is 28.3 Å². The molecular formula is C9H11B3IN3OS. The van der Waals surface area contributed by atoms with Crippen molar-refractivity contribution in [1.82, 2.24) is 14.1 Å². The molecule has 1 fully saturated rings. The molecule has 1 aliphatic heterocycles. The lowest BCUT2D eigenvalue weighted by molar-refractivity contribution is -0.0527. The number of hydrogen-bond acceptors (Lipinski definition) is 4. The zero-order valence-corrected chi connectivity index (χ0v) is 13.0. The van der Waals surface area contributed by atoms with Gasteiger partial charge in [0.15, 0.2) is 0 Å². The van der Waals surface area contributed by atoms with Gasteiger partial charge in [0.05, 0.1) is 41.9 Å². The van der Waals surface area contributed by atoms with Gasteiger partial charge in [0.2, 0.25) is 0 Å². The molecule has 1 saturated heterocycles. The standard InChI is InChI=1S/C9H11B3IN3OS/c1-6-3-15(18-13)5-8(17-6)7-2-14-16(4-7)9(10,11)12/h2,4,6,8H,3,5H2,1H3/t6-,8-/m1/s1. The van der Waals surface area contributed by atoms with Gasteiger partial charge in [-0.1, -0.05) is 0 Å². The van der Waals surface area contributed by atoms with Crippen LogP contribution in [0.2, 0.25) is 0 Å². The van der Waals surface area contributed by atoms with Crippen molar-refractivity contribution in [2.75, 3.05) is 13.1 Å². The minimum atomic E-state index is -1.48. The Bertz CT molecular complexity index is 414. The molecule has 0 aliphatic carbocycles. The van der Waals surface area contributed by atoms with E-state index in [0.29, 0.717) is 0 Å². The van der Waals surface area contributed by atoms with E-state index in [1.54, 1.807) is 21.5 Å². The van der Waals surface area contributed by atoms with E-state index in [1.807, 2.05) is 0 Å². The molecule has 0 saturated carbocycles. The minimum Gasteiger partial charge on any atom is -0.368 e. The predicted octanol–water partition coefficient (Wildman–Crippen LogP) is 0.716. The fraction of sp³-hybridized carbons (Fsp3) is 0.667. The Kier molecular flexibility index (Phi) is 4.78. The molecular weight excluding hydrogens is 358 g/mol. The Balaban J connectivity index is 2.13. The summed E-state index contributed by atoms with van der Waals surface area (Å²) >= 11 is 2.27. The van der Waals surface area contributed by atoms with Gasteiger partial charge in [-0.15, -0.1) is 0 Å². The van der Waals surface area contributed by atoms with Crippen LogP contribution in [0.5, 0.6) is 0 Å². The summed E-state index contributed by atoms with van der Waals surface area (Å²) in [6.45, 7) is 3.76. The molecule has 0 amide bonds. The molecule has 2 heterocycles. The first-order valence-corrected chi connectivity index (χ1v) is 8.82. The summed E-state index contributed by atoms with van der Waals surface area (Å²) in [5.74, 6) is 0. The summed E-state index contributed by atoms with van der Waals surface area (Å²) < 4.78 is 9.48. The molecule has 2 rings (SSSR count). The van der Waals surface area contributed by atoms with Gasteiger partial charge in [0.25, 0.3) is 0 Å². The molecule has 4 nitrogen and oxygen atoms in total. The lowest BCUT2D eigenvalue weighted by atomic mass is 9.49. The van der Waals surface area contributed by atoms with Crippen molar-refractivity contribution in [1.29, 1.82) is 0 Å². The molecule has 0 bridgehead atoms. The third-order valence-corrected chi connectivity index (χ3v) is 4.86. The molecule has 0 spiro atoms. The third-order valence-electron chi connectivity index (χ3n) is 2.70. The van der Waals surface area contributed by atoms with Crippen molar-refractivity contribution in [2.24, 2.45) is 0 Å². The average molecular weight is 369 g/mol. The van der Waals surface area contributed by atoms with Gasteiger partial charge in [-0.2, -0.15) is 5.10 Å². The molecule has 0 unspecified atom stereocenters. The van der Waals surface area contributed by atoms with Gasteiger partial charge in [-0.3, -0.25) is 4.68 Å². The Morgan fingerprint density at radius 3 is 2.78 bits per heavy atom. The Morgan fingerprint density at radius 1 is 1.50 bits per heavy atom. The lowest BCUT2D eigenvalue weighted by Gasteiger charge is -2.34. The van der Waals surface area contributed by atoms with Crippen LogP contribution in [0.1, 0.15) is 18.6 Å². The largest absolute Gasteiger partial charge is 0.368 e. The molecule has 6 radical (unpaired) electrons. The van der Waals surface area contributed by atoms with E-state index in [9.17, 15) is 0 Å². The molecule has 1 aromatic rings. The molecule has 1 aromatic heterocycles. The number of aromatic nitrogens is 2. The van der Waals surface area contributed by atoms with Crippen LogP contribution in [0.4, 0.5) is 0 Å². The number of halogens is 1. The van der Waals surface area contributed by atoms with Gasteiger partial charge in [-0.25, -0.2) is 4.31 Å². The van der Waals surface area contributed by atoms with Gasteiger partial charge in [0, 0.05) is 46.1 Å². The lowest BCUT2D eigenvalue weighted by Crippen LogP contribution is -2.38. The normalized spacial score (nSPS) is 26.3. The topological polar surface area (TPSA) is 30.3 Å². The highest BCUT2D eigenvalue weighted by Crippen LogP contribution is 2.31. The molecule has 0 aromatic carbocycles. The molecule has 2 atom stereocenters. The smallest absolute Gasteiger partial charge is 0.0995 e. The highest BCUT2D eigenvalue weighted by atomic mass is 127. The molecule has 1 aliphatic rings. The zero-order valence-electron chi connectivity index (χ0n) is 9.99. The summed E-state index contributed by atoms with van der Waals surface area (Å²) in [6.07, 6.45) is 3.57. The summed E-state index contributed by atoms with van der Waals surface area (Å²) in [5.41, 5.74) is 0.933. The van der Waals surface area contributed by atoms with Crippen molar-refractivity contribution in [2.45, 2.75) is 24.4 Å². The van der Waals surface area contributed by atoms with E-state index in [-0.39, 0.29) is 12.2 Å². The van der Waals surface area contributed by atoms with Crippen LogP contribution in [0, 0.1) is 0 Å². The molecule has 0 N–H and O–H groups in total. The van der Waals surface area contributed by atoms with E-state index in [2.05, 4.69) is 37.5 Å². The fourth-order valence-electron chi connectivity index (χ4n) is 1.87. The first-order chi connectivity index (χ1) is 8.40. The van der Waals surface area contributed by atoms with Crippen LogP contribution in [0.15, 0.2) is 12.4 Å². The molecule has 9 heteroatoms. The summed E-state index contributed by atoms with van der Waals surface area (Å²) in [7, 11) is 18.4. The number of hydrogen-bond donors (Lipinski definition) is 0. The maximum absolute atomic E-state index is 5.90. The first-order valence-electron chi connectivity index (χ1n) is 5.51. The van der Waals surface area contributed by atoms with Gasteiger partial charge in [0.1, 0.15) is 0 Å². The van der Waals surface area contributed by atoms with E-state index in [1.165, 1.54) is 4.68 Å². The summed E-state index contributed by atoms with van der Waals surface area (Å²) in [5, 5.41) is 2.60. The molecule has 90 valence electrons. The van der Waals surface area contributed by atoms with Crippen LogP contribution < -0.4 is 0 Å². The number of morpholine rings is 1. The van der Waals surface area contributed by atoms with Crippen molar-refractivity contribution in [3.8, 4) is 0 Å². The van der Waals surface area contributed by atoms with Crippen LogP contribution in [-0.4, -0.2) is 56.8 Å². The second kappa shape index (κ2) is 5.81. The summed E-state index contributed by atoms with van der Waals surface area (Å²) in [4.78, 5) is 0. The third kappa shape index (κ3) is 3.49. The van der Waals surface area contributed by atoms with Gasteiger partial charge >= 0.3 is 0 Å². The summed E-state index contributed by atoms with van der Waals surface area (Å²) in [6, 6.07) is 0. The van der Waals surface area contributed by atoms with Crippen molar-refractivity contribution in [3.63, 3.8) is 0 Å². The second-order valence-electron chi connectivity index (χ2n) is 4.46. The Morgan fingerprint density at radius 2 is 2.22 bits per heavy atom. The SMILES string of the molecule is [B]C([B])([B])n1cc([C@H]2CN(SI)C[C@@H](C)O2)cn1. The number of nitrogens with zero attached hydrogens (tertiary/aromatic N) is 3. The van der Waals surface area contributed by atoms with Crippen LogP contribution in [0.25, 0.3) is 0 Å². The minimum absolute atomic E-state index is 0.0351. The van der Waals surface area contributed by atoms with Gasteiger partial charge in [-0.05, 0) is 21.3 Å². The molecule has 18 heavy (non-hydrogen) atoms. The number of rotatable bonds is 3. The zero-order chi connectivity index (χ0) is 13.3. The predicted molar refractivity (Wildman–Crippen MR) is 83.9 cm³/mol. The van der Waals surface area contributed by atoms with Crippen molar-refractivity contribution >= 4 is 53.9 Å². The number of ether oxygens (including phenoxy) is 1. The second-order valence-corrected chi connectivity index (χ2v) is 6.29. The van der Waals surface area contributed by atoms with E-state index in [0.717, 1.165) is 18.7 Å². The van der Waals surface area contributed by atoms with Crippen molar-refractivity contribution < 1.29 is 4.74 Å². The highest BCUT2D eigenvalue weighted by molar-refractivity contribution is 14.2. The Labute approximate surface area is 128 Å². The monoisotopic (exact) mass is 369 g/mol. The van der Waals surface area contributed by atoms with Crippen LogP contribution in [-0.2, 0) is 9.97 Å². The maximum Gasteiger partial charge on any atom is 0.0995 e. The van der Waals surface area contributed by atoms with Gasteiger partial charge < -0.3 is 4.74 Å². The maximum atomic E-state index is 5.90.